The van der Waals surface area contributed by atoms with Gasteiger partial charge in [0.1, 0.15) is 0 Å². The van der Waals surface area contributed by atoms with Crippen LogP contribution >= 0.6 is 0 Å². The lowest BCUT2D eigenvalue weighted by molar-refractivity contribution is -0.137. The molecule has 1 aromatic rings. The summed E-state index contributed by atoms with van der Waals surface area (Å²) in [7, 11) is 0. The summed E-state index contributed by atoms with van der Waals surface area (Å²) in [5.41, 5.74) is 0. The maximum atomic E-state index is 10.5. The SMILES string of the molecule is O=C(O)CCC1CCC(n2ccnn2)CC1. The normalized spacial score (nSPS) is 25.5. The van der Waals surface area contributed by atoms with Crippen LogP contribution in [0, 0.1) is 5.92 Å². The molecule has 88 valence electrons. The third kappa shape index (κ3) is 2.81. The van der Waals surface area contributed by atoms with E-state index in [-0.39, 0.29) is 0 Å². The van der Waals surface area contributed by atoms with Gasteiger partial charge in [0, 0.05) is 12.6 Å². The van der Waals surface area contributed by atoms with Gasteiger partial charge in [-0.2, -0.15) is 0 Å². The van der Waals surface area contributed by atoms with Crippen molar-refractivity contribution in [3.8, 4) is 0 Å². The minimum atomic E-state index is -0.682. The van der Waals surface area contributed by atoms with Crippen molar-refractivity contribution in [2.45, 2.75) is 44.6 Å². The van der Waals surface area contributed by atoms with E-state index in [0.717, 1.165) is 32.1 Å². The third-order valence-electron chi connectivity index (χ3n) is 3.40. The zero-order valence-electron chi connectivity index (χ0n) is 9.25. The van der Waals surface area contributed by atoms with Crippen molar-refractivity contribution < 1.29 is 9.90 Å². The highest BCUT2D eigenvalue weighted by Crippen LogP contribution is 2.33. The Hall–Kier alpha value is -1.39. The van der Waals surface area contributed by atoms with Crippen molar-refractivity contribution in [2.24, 2.45) is 5.92 Å². The number of rotatable bonds is 4. The molecule has 0 saturated heterocycles. The second-order valence-corrected chi connectivity index (χ2v) is 4.49. The van der Waals surface area contributed by atoms with Gasteiger partial charge in [0.25, 0.3) is 0 Å². The highest BCUT2D eigenvalue weighted by molar-refractivity contribution is 5.66. The van der Waals surface area contributed by atoms with Crippen molar-refractivity contribution in [3.05, 3.63) is 12.4 Å². The predicted molar refractivity (Wildman–Crippen MR) is 57.9 cm³/mol. The molecule has 1 fully saturated rings. The van der Waals surface area contributed by atoms with Crippen molar-refractivity contribution in [1.82, 2.24) is 15.0 Å². The van der Waals surface area contributed by atoms with E-state index in [1.165, 1.54) is 0 Å². The average molecular weight is 223 g/mol. The molecule has 1 saturated carbocycles. The van der Waals surface area contributed by atoms with Gasteiger partial charge in [0.05, 0.1) is 12.2 Å². The van der Waals surface area contributed by atoms with E-state index >= 15 is 0 Å². The lowest BCUT2D eigenvalue weighted by Crippen LogP contribution is -2.19. The zero-order chi connectivity index (χ0) is 11.4. The van der Waals surface area contributed by atoms with Gasteiger partial charge in [-0.3, -0.25) is 4.79 Å². The molecule has 0 aromatic carbocycles. The molecule has 0 radical (unpaired) electrons. The first-order chi connectivity index (χ1) is 7.75. The van der Waals surface area contributed by atoms with Crippen molar-refractivity contribution >= 4 is 5.97 Å². The van der Waals surface area contributed by atoms with Crippen LogP contribution in [0.5, 0.6) is 0 Å². The molecule has 1 aromatic heterocycles. The number of aliphatic carboxylic acids is 1. The average Bonchev–Trinajstić information content (AvgIpc) is 2.80. The third-order valence-corrected chi connectivity index (χ3v) is 3.40. The second-order valence-electron chi connectivity index (χ2n) is 4.49. The van der Waals surface area contributed by atoms with Crippen molar-refractivity contribution in [2.75, 3.05) is 0 Å². The Labute approximate surface area is 94.5 Å². The molecule has 0 aliphatic heterocycles. The second kappa shape index (κ2) is 5.09. The Kier molecular flexibility index (Phi) is 3.54. The van der Waals surface area contributed by atoms with Gasteiger partial charge in [-0.1, -0.05) is 5.21 Å². The lowest BCUT2D eigenvalue weighted by Gasteiger charge is -2.27. The minimum Gasteiger partial charge on any atom is -0.481 e. The molecule has 1 aliphatic rings. The van der Waals surface area contributed by atoms with Crippen LogP contribution in [0.25, 0.3) is 0 Å². The monoisotopic (exact) mass is 223 g/mol. The summed E-state index contributed by atoms with van der Waals surface area (Å²) in [4.78, 5) is 10.5. The van der Waals surface area contributed by atoms with Crippen LogP contribution in [-0.2, 0) is 4.79 Å². The van der Waals surface area contributed by atoms with Gasteiger partial charge in [-0.25, -0.2) is 4.68 Å². The van der Waals surface area contributed by atoms with E-state index in [4.69, 9.17) is 5.11 Å². The van der Waals surface area contributed by atoms with E-state index < -0.39 is 5.97 Å². The Morgan fingerprint density at radius 1 is 1.38 bits per heavy atom. The van der Waals surface area contributed by atoms with Gasteiger partial charge >= 0.3 is 5.97 Å². The summed E-state index contributed by atoms with van der Waals surface area (Å²) in [6, 6.07) is 0.462. The number of nitrogens with zero attached hydrogens (tertiary/aromatic N) is 3. The van der Waals surface area contributed by atoms with E-state index in [1.54, 1.807) is 6.20 Å². The number of carboxylic acid groups (broad SMARTS) is 1. The molecule has 0 unspecified atom stereocenters. The molecule has 0 amide bonds. The molecule has 1 N–H and O–H groups in total. The molecule has 16 heavy (non-hydrogen) atoms. The predicted octanol–water partition coefficient (Wildman–Crippen LogP) is 1.87. The Morgan fingerprint density at radius 2 is 2.12 bits per heavy atom. The van der Waals surface area contributed by atoms with Crippen molar-refractivity contribution in [3.63, 3.8) is 0 Å². The summed E-state index contributed by atoms with van der Waals surface area (Å²) in [5.74, 6) is -0.103. The molecular weight excluding hydrogens is 206 g/mol. The summed E-state index contributed by atoms with van der Waals surface area (Å²) in [5, 5.41) is 16.4. The fourth-order valence-corrected chi connectivity index (χ4v) is 2.44. The first kappa shape index (κ1) is 11.1. The van der Waals surface area contributed by atoms with Crippen LogP contribution in [0.3, 0.4) is 0 Å². The summed E-state index contributed by atoms with van der Waals surface area (Å²) in [6.07, 6.45) is 9.13. The number of aromatic nitrogens is 3. The van der Waals surface area contributed by atoms with E-state index in [1.807, 2.05) is 10.9 Å². The Bertz CT molecular complexity index is 329. The number of hydrogen-bond donors (Lipinski definition) is 1. The molecule has 0 bridgehead atoms. The molecular formula is C11H17N3O2. The number of hydrogen-bond acceptors (Lipinski definition) is 3. The van der Waals surface area contributed by atoms with Crippen LogP contribution in [0.2, 0.25) is 0 Å². The van der Waals surface area contributed by atoms with Crippen LogP contribution < -0.4 is 0 Å². The number of carboxylic acids is 1. The van der Waals surface area contributed by atoms with Crippen LogP contribution in [0.1, 0.15) is 44.6 Å². The Balaban J connectivity index is 1.76. The van der Waals surface area contributed by atoms with E-state index in [2.05, 4.69) is 10.3 Å². The maximum Gasteiger partial charge on any atom is 0.303 e. The lowest BCUT2D eigenvalue weighted by atomic mass is 9.83. The highest BCUT2D eigenvalue weighted by Gasteiger charge is 2.22. The highest BCUT2D eigenvalue weighted by atomic mass is 16.4. The first-order valence-corrected chi connectivity index (χ1v) is 5.83. The Morgan fingerprint density at radius 3 is 2.69 bits per heavy atom. The topological polar surface area (TPSA) is 68.0 Å². The minimum absolute atomic E-state index is 0.304. The van der Waals surface area contributed by atoms with Gasteiger partial charge in [0.2, 0.25) is 0 Å². The maximum absolute atomic E-state index is 10.5. The molecule has 5 nitrogen and oxygen atoms in total. The van der Waals surface area contributed by atoms with Crippen molar-refractivity contribution in [1.29, 1.82) is 0 Å². The summed E-state index contributed by atoms with van der Waals surface area (Å²) < 4.78 is 1.92. The van der Waals surface area contributed by atoms with Gasteiger partial charge in [-0.15, -0.1) is 5.10 Å². The fourth-order valence-electron chi connectivity index (χ4n) is 2.44. The largest absolute Gasteiger partial charge is 0.481 e. The fraction of sp³-hybridized carbons (Fsp3) is 0.727. The zero-order valence-corrected chi connectivity index (χ0v) is 9.25. The smallest absolute Gasteiger partial charge is 0.303 e. The first-order valence-electron chi connectivity index (χ1n) is 5.83. The molecule has 0 spiro atoms. The van der Waals surface area contributed by atoms with Crippen LogP contribution in [0.15, 0.2) is 12.4 Å². The van der Waals surface area contributed by atoms with Crippen LogP contribution in [0.4, 0.5) is 0 Å². The molecule has 5 heteroatoms. The van der Waals surface area contributed by atoms with Gasteiger partial charge < -0.3 is 5.11 Å². The van der Waals surface area contributed by atoms with Gasteiger partial charge in [0.15, 0.2) is 0 Å². The van der Waals surface area contributed by atoms with Crippen LogP contribution in [-0.4, -0.2) is 26.1 Å². The quantitative estimate of drug-likeness (QED) is 0.846. The molecule has 2 rings (SSSR count). The molecule has 1 aliphatic carbocycles. The molecule has 1 heterocycles. The summed E-state index contributed by atoms with van der Waals surface area (Å²) in [6.45, 7) is 0. The summed E-state index contributed by atoms with van der Waals surface area (Å²) >= 11 is 0. The standard InChI is InChI=1S/C11H17N3O2/c15-11(16)6-3-9-1-4-10(5-2-9)14-8-7-12-13-14/h7-10H,1-6H2,(H,15,16). The molecule has 0 atom stereocenters. The van der Waals surface area contributed by atoms with Gasteiger partial charge in [-0.05, 0) is 38.0 Å². The van der Waals surface area contributed by atoms with E-state index in [0.29, 0.717) is 18.4 Å². The number of carbonyl (C=O) groups is 1. The van der Waals surface area contributed by atoms with E-state index in [9.17, 15) is 4.79 Å².